The molecule has 0 amide bonds. The second kappa shape index (κ2) is 7.49. The van der Waals surface area contributed by atoms with Crippen LogP contribution in [0.3, 0.4) is 0 Å². The predicted molar refractivity (Wildman–Crippen MR) is 80.7 cm³/mol. The zero-order valence-electron chi connectivity index (χ0n) is 11.9. The highest BCUT2D eigenvalue weighted by atomic mass is 32.2. The highest BCUT2D eigenvalue weighted by molar-refractivity contribution is 7.99. The van der Waals surface area contributed by atoms with Crippen LogP contribution in [0, 0.1) is 17.2 Å². The lowest BCUT2D eigenvalue weighted by Crippen LogP contribution is -2.17. The third-order valence-corrected chi connectivity index (χ3v) is 4.94. The number of aromatic nitrogens is 2. The molecule has 2 unspecified atom stereocenters. The lowest BCUT2D eigenvalue weighted by atomic mass is 10.0. The maximum atomic E-state index is 11.7. The first kappa shape index (κ1) is 15.1. The van der Waals surface area contributed by atoms with Gasteiger partial charge in [-0.1, -0.05) is 44.4 Å². The van der Waals surface area contributed by atoms with E-state index in [-0.39, 0.29) is 16.7 Å². The second-order valence-corrected chi connectivity index (χ2v) is 6.55. The Balaban J connectivity index is 2.15. The Kier molecular flexibility index (Phi) is 5.66. The van der Waals surface area contributed by atoms with Crippen LogP contribution in [-0.4, -0.2) is 15.2 Å². The van der Waals surface area contributed by atoms with Crippen molar-refractivity contribution in [2.24, 2.45) is 5.92 Å². The fraction of sp³-hybridized carbons (Fsp3) is 0.667. The van der Waals surface area contributed by atoms with Crippen molar-refractivity contribution in [1.82, 2.24) is 9.97 Å². The van der Waals surface area contributed by atoms with E-state index in [1.165, 1.54) is 6.42 Å². The van der Waals surface area contributed by atoms with E-state index in [9.17, 15) is 10.1 Å². The first-order valence-electron chi connectivity index (χ1n) is 7.39. The quantitative estimate of drug-likeness (QED) is 0.682. The largest absolute Gasteiger partial charge is 0.301 e. The summed E-state index contributed by atoms with van der Waals surface area (Å²) in [6.45, 7) is 2.08. The van der Waals surface area contributed by atoms with E-state index in [2.05, 4.69) is 23.0 Å². The second-order valence-electron chi connectivity index (χ2n) is 5.32. The molecule has 2 rings (SSSR count). The van der Waals surface area contributed by atoms with Crippen LogP contribution in [0.4, 0.5) is 0 Å². The van der Waals surface area contributed by atoms with E-state index in [4.69, 9.17) is 0 Å². The predicted octanol–water partition coefficient (Wildman–Crippen LogP) is 3.29. The van der Waals surface area contributed by atoms with Crippen molar-refractivity contribution in [3.8, 4) is 6.07 Å². The lowest BCUT2D eigenvalue weighted by molar-refractivity contribution is 0.583. The monoisotopic (exact) mass is 291 g/mol. The van der Waals surface area contributed by atoms with Crippen LogP contribution < -0.4 is 5.56 Å². The third kappa shape index (κ3) is 4.11. The van der Waals surface area contributed by atoms with Gasteiger partial charge in [0.2, 0.25) is 0 Å². The number of nitrogens with one attached hydrogen (secondary N) is 1. The van der Waals surface area contributed by atoms with Gasteiger partial charge in [0.05, 0.1) is 12.0 Å². The van der Waals surface area contributed by atoms with Gasteiger partial charge in [0, 0.05) is 17.0 Å². The summed E-state index contributed by atoms with van der Waals surface area (Å²) in [5.41, 5.74) is 0.758. The zero-order valence-corrected chi connectivity index (χ0v) is 12.7. The van der Waals surface area contributed by atoms with Gasteiger partial charge in [-0.05, 0) is 19.3 Å². The highest BCUT2D eigenvalue weighted by Gasteiger charge is 2.25. The number of aryl methyl sites for hydroxylation is 1. The molecule has 108 valence electrons. The molecule has 1 saturated carbocycles. The van der Waals surface area contributed by atoms with Crippen molar-refractivity contribution in [2.45, 2.75) is 62.3 Å². The van der Waals surface area contributed by atoms with E-state index < -0.39 is 0 Å². The Bertz CT molecular complexity index is 535. The molecule has 1 N–H and O–H groups in total. The Labute approximate surface area is 124 Å². The summed E-state index contributed by atoms with van der Waals surface area (Å²) in [5, 5.41) is 10.2. The van der Waals surface area contributed by atoms with E-state index >= 15 is 0 Å². The van der Waals surface area contributed by atoms with Gasteiger partial charge in [0.25, 0.3) is 5.56 Å². The van der Waals surface area contributed by atoms with Crippen molar-refractivity contribution in [3.05, 3.63) is 22.1 Å². The van der Waals surface area contributed by atoms with Gasteiger partial charge in [0.1, 0.15) is 0 Å². The molecule has 1 fully saturated rings. The summed E-state index contributed by atoms with van der Waals surface area (Å²) in [6.07, 6.45) is 7.30. The normalized spacial score (nSPS) is 23.0. The van der Waals surface area contributed by atoms with Crippen molar-refractivity contribution < 1.29 is 0 Å². The molecule has 0 radical (unpaired) electrons. The summed E-state index contributed by atoms with van der Waals surface area (Å²) in [5.74, 6) is 0.0719. The van der Waals surface area contributed by atoms with Crippen molar-refractivity contribution in [3.63, 3.8) is 0 Å². The van der Waals surface area contributed by atoms with Gasteiger partial charge in [-0.25, -0.2) is 4.98 Å². The number of nitrogens with zero attached hydrogens (tertiary/aromatic N) is 2. The molecule has 1 aromatic heterocycles. The molecular weight excluding hydrogens is 270 g/mol. The lowest BCUT2D eigenvalue weighted by Gasteiger charge is -2.17. The number of hydrogen-bond acceptors (Lipinski definition) is 4. The Hall–Kier alpha value is -1.28. The Morgan fingerprint density at radius 1 is 1.45 bits per heavy atom. The summed E-state index contributed by atoms with van der Waals surface area (Å²) in [4.78, 5) is 19.0. The highest BCUT2D eigenvalue weighted by Crippen LogP contribution is 2.34. The molecule has 0 spiro atoms. The van der Waals surface area contributed by atoms with E-state index in [0.29, 0.717) is 5.16 Å². The summed E-state index contributed by atoms with van der Waals surface area (Å²) in [7, 11) is 0. The minimum atomic E-state index is -0.0897. The first-order valence-corrected chi connectivity index (χ1v) is 8.27. The SMILES string of the molecule is CCCc1cc(=O)[nH]c(SC2CCCCCC2C#N)n1. The van der Waals surface area contributed by atoms with Gasteiger partial charge < -0.3 is 4.98 Å². The average molecular weight is 291 g/mol. The van der Waals surface area contributed by atoms with Crippen LogP contribution in [0.5, 0.6) is 0 Å². The number of H-pyrrole nitrogens is 1. The molecule has 0 saturated heterocycles. The summed E-state index contributed by atoms with van der Waals surface area (Å²) >= 11 is 1.58. The molecule has 1 aromatic rings. The molecule has 1 aliphatic carbocycles. The molecule has 0 bridgehead atoms. The molecule has 5 heteroatoms. The summed E-state index contributed by atoms with van der Waals surface area (Å²) in [6, 6.07) is 4.00. The minimum absolute atomic E-state index is 0.0719. The fourth-order valence-electron chi connectivity index (χ4n) is 2.63. The van der Waals surface area contributed by atoms with Gasteiger partial charge in [-0.15, -0.1) is 0 Å². The van der Waals surface area contributed by atoms with E-state index in [1.807, 2.05) is 0 Å². The molecule has 0 aromatic carbocycles. The van der Waals surface area contributed by atoms with E-state index in [1.54, 1.807) is 17.8 Å². The van der Waals surface area contributed by atoms with Crippen LogP contribution in [0.25, 0.3) is 0 Å². The van der Waals surface area contributed by atoms with Crippen molar-refractivity contribution in [1.29, 1.82) is 5.26 Å². The maximum Gasteiger partial charge on any atom is 0.251 e. The molecule has 0 aliphatic heterocycles. The first-order chi connectivity index (χ1) is 9.72. The molecule has 4 nitrogen and oxygen atoms in total. The number of hydrogen-bond donors (Lipinski definition) is 1. The molecule has 20 heavy (non-hydrogen) atoms. The zero-order chi connectivity index (χ0) is 14.4. The van der Waals surface area contributed by atoms with Gasteiger partial charge >= 0.3 is 0 Å². The van der Waals surface area contributed by atoms with Gasteiger partial charge in [0.15, 0.2) is 5.16 Å². The average Bonchev–Trinajstić information content (AvgIpc) is 2.63. The maximum absolute atomic E-state index is 11.7. The molecule has 2 atom stereocenters. The van der Waals surface area contributed by atoms with Crippen LogP contribution in [0.15, 0.2) is 16.0 Å². The molecular formula is C15H21N3OS. The molecule has 1 aliphatic rings. The number of aromatic amines is 1. The summed E-state index contributed by atoms with van der Waals surface area (Å²) < 4.78 is 0. The van der Waals surface area contributed by atoms with Crippen LogP contribution in [-0.2, 0) is 6.42 Å². The third-order valence-electron chi connectivity index (χ3n) is 3.66. The molecule has 1 heterocycles. The van der Waals surface area contributed by atoms with Crippen LogP contribution in [0.2, 0.25) is 0 Å². The van der Waals surface area contributed by atoms with Gasteiger partial charge in [-0.2, -0.15) is 5.26 Å². The van der Waals surface area contributed by atoms with Gasteiger partial charge in [-0.3, -0.25) is 4.79 Å². The Morgan fingerprint density at radius 3 is 3.00 bits per heavy atom. The van der Waals surface area contributed by atoms with Crippen molar-refractivity contribution in [2.75, 3.05) is 0 Å². The standard InChI is InChI=1S/C15H21N3OS/c1-2-6-12-9-14(19)18-15(17-12)20-13-8-5-3-4-7-11(13)10-16/h9,11,13H,2-8H2,1H3,(H,17,18,19). The minimum Gasteiger partial charge on any atom is -0.301 e. The van der Waals surface area contributed by atoms with Crippen LogP contribution in [0.1, 0.15) is 51.1 Å². The van der Waals surface area contributed by atoms with Crippen LogP contribution >= 0.6 is 11.8 Å². The topological polar surface area (TPSA) is 69.5 Å². The van der Waals surface area contributed by atoms with Crippen molar-refractivity contribution >= 4 is 11.8 Å². The fourth-order valence-corrected chi connectivity index (χ4v) is 3.89. The number of nitriles is 1. The number of thioether (sulfide) groups is 1. The smallest absolute Gasteiger partial charge is 0.251 e. The van der Waals surface area contributed by atoms with E-state index in [0.717, 1.165) is 44.2 Å². The Morgan fingerprint density at radius 2 is 2.25 bits per heavy atom. The number of rotatable bonds is 4.